The zero-order valence-corrected chi connectivity index (χ0v) is 28.4. The van der Waals surface area contributed by atoms with Gasteiger partial charge in [0.15, 0.2) is 0 Å². The van der Waals surface area contributed by atoms with Crippen molar-refractivity contribution in [3.8, 4) is 0 Å². The zero-order chi connectivity index (χ0) is 31.9. The molecule has 0 bridgehead atoms. The zero-order valence-electron chi connectivity index (χ0n) is 25.2. The fourth-order valence-corrected chi connectivity index (χ4v) is 9.58. The fraction of sp³-hybridized carbons (Fsp3) is 0.176. The van der Waals surface area contributed by atoms with Crippen molar-refractivity contribution in [3.63, 3.8) is 0 Å². The topological polar surface area (TPSA) is 86.3 Å². The van der Waals surface area contributed by atoms with Crippen molar-refractivity contribution in [1.82, 2.24) is 4.57 Å². The van der Waals surface area contributed by atoms with Gasteiger partial charge in [-0.2, -0.15) is 4.57 Å². The number of fused-ring (bicyclic) bond motifs is 4. The molecule has 0 amide bonds. The third-order valence-corrected chi connectivity index (χ3v) is 12.1. The van der Waals surface area contributed by atoms with Crippen LogP contribution in [0.15, 0.2) is 99.5 Å². The van der Waals surface area contributed by atoms with Crippen LogP contribution in [0.5, 0.6) is 0 Å². The minimum absolute atomic E-state index is 0.0920. The number of anilines is 1. The van der Waals surface area contributed by atoms with Gasteiger partial charge in [0.2, 0.25) is 5.52 Å². The predicted octanol–water partition coefficient (Wildman–Crippen LogP) is 5.64. The largest absolute Gasteiger partial charge is 0.744 e. The molecule has 45 heavy (non-hydrogen) atoms. The van der Waals surface area contributed by atoms with Gasteiger partial charge in [0, 0.05) is 29.9 Å². The molecule has 2 aromatic heterocycles. The van der Waals surface area contributed by atoms with Gasteiger partial charge in [0.05, 0.1) is 16.7 Å². The van der Waals surface area contributed by atoms with Crippen LogP contribution < -0.4 is 24.2 Å². The Kier molecular flexibility index (Phi) is 8.73. The van der Waals surface area contributed by atoms with Crippen LogP contribution in [0.4, 0.5) is 5.69 Å². The molecule has 230 valence electrons. The summed E-state index contributed by atoms with van der Waals surface area (Å²) in [6.45, 7) is 7.58. The first-order valence-corrected chi connectivity index (χ1v) is 18.3. The lowest BCUT2D eigenvalue weighted by Gasteiger charge is -2.15. The molecule has 4 aromatic carbocycles. The molecule has 0 saturated carbocycles. The Bertz CT molecular complexity index is 2360. The van der Waals surface area contributed by atoms with E-state index >= 15 is 0 Å². The van der Waals surface area contributed by atoms with E-state index in [1.165, 1.54) is 48.7 Å². The van der Waals surface area contributed by atoms with E-state index in [0.717, 1.165) is 26.3 Å². The second-order valence-electron chi connectivity index (χ2n) is 10.5. The average Bonchev–Trinajstić information content (AvgIpc) is 3.66. The minimum atomic E-state index is -4.27. The Morgan fingerprint density at radius 3 is 2.33 bits per heavy atom. The van der Waals surface area contributed by atoms with Crippen LogP contribution >= 0.6 is 34.4 Å². The number of para-hydroxylation sites is 1. The van der Waals surface area contributed by atoms with Gasteiger partial charge >= 0.3 is 0 Å². The maximum absolute atomic E-state index is 13.6. The van der Waals surface area contributed by atoms with Gasteiger partial charge in [0.1, 0.15) is 35.6 Å². The second-order valence-corrected chi connectivity index (χ2v) is 15.0. The van der Waals surface area contributed by atoms with Gasteiger partial charge in [0.25, 0.3) is 10.6 Å². The summed E-state index contributed by atoms with van der Waals surface area (Å²) in [6.07, 6.45) is 2.19. The van der Waals surface area contributed by atoms with Gasteiger partial charge in [-0.25, -0.2) is 8.42 Å². The van der Waals surface area contributed by atoms with Gasteiger partial charge in [-0.3, -0.25) is 9.36 Å². The lowest BCUT2D eigenvalue weighted by molar-refractivity contribution is -0.665. The number of thiazole rings is 2. The van der Waals surface area contributed by atoms with Crippen LogP contribution in [0.1, 0.15) is 24.4 Å². The van der Waals surface area contributed by atoms with E-state index in [0.29, 0.717) is 6.54 Å². The summed E-state index contributed by atoms with van der Waals surface area (Å²) in [5, 5.41) is 4.63. The Balaban J connectivity index is 0.000000276. The highest BCUT2D eigenvalue weighted by atomic mass is 32.2. The summed E-state index contributed by atoms with van der Waals surface area (Å²) in [6, 6.07) is 27.1. The Hall–Kier alpha value is -3.74. The summed E-state index contributed by atoms with van der Waals surface area (Å²) in [5.74, 6) is 0. The normalized spacial score (nSPS) is 14.6. The molecule has 6 aromatic rings. The highest BCUT2D eigenvalue weighted by Crippen LogP contribution is 2.48. The number of aromatic nitrogens is 2. The summed E-state index contributed by atoms with van der Waals surface area (Å²) in [4.78, 5) is 16.8. The molecule has 0 N–H and O–H groups in total. The molecule has 1 aliphatic rings. The molecule has 11 heteroatoms. The van der Waals surface area contributed by atoms with Crippen molar-refractivity contribution >= 4 is 82.3 Å². The molecule has 0 saturated heterocycles. The molecule has 3 heterocycles. The van der Waals surface area contributed by atoms with Crippen molar-refractivity contribution < 1.29 is 17.5 Å². The van der Waals surface area contributed by atoms with Crippen molar-refractivity contribution in [1.29, 1.82) is 0 Å². The number of hydrogen-bond acceptors (Lipinski definition) is 8. The Labute approximate surface area is 273 Å². The molecular formula is C34H31N3O4S4. The van der Waals surface area contributed by atoms with Crippen LogP contribution in [0.2, 0.25) is 0 Å². The summed E-state index contributed by atoms with van der Waals surface area (Å²) in [5.41, 5.74) is 3.45. The van der Waals surface area contributed by atoms with Crippen LogP contribution in [-0.2, 0) is 23.2 Å². The average molecular weight is 674 g/mol. The van der Waals surface area contributed by atoms with E-state index in [2.05, 4.69) is 90.2 Å². The van der Waals surface area contributed by atoms with Crippen LogP contribution in [-0.4, -0.2) is 24.6 Å². The van der Waals surface area contributed by atoms with Crippen molar-refractivity contribution in [2.75, 3.05) is 11.9 Å². The smallest absolute Gasteiger partial charge is 0.271 e. The van der Waals surface area contributed by atoms with Gasteiger partial charge in [-0.05, 0) is 50.4 Å². The number of thioether (sulfide) groups is 1. The van der Waals surface area contributed by atoms with E-state index in [1.807, 2.05) is 18.4 Å². The Morgan fingerprint density at radius 2 is 1.62 bits per heavy atom. The van der Waals surface area contributed by atoms with Crippen molar-refractivity contribution in [3.05, 3.63) is 115 Å². The number of hydrogen-bond donors (Lipinski definition) is 0. The summed E-state index contributed by atoms with van der Waals surface area (Å²) in [7, 11) is -2.19. The van der Waals surface area contributed by atoms with E-state index in [4.69, 9.17) is 0 Å². The maximum Gasteiger partial charge on any atom is 0.271 e. The minimum Gasteiger partial charge on any atom is -0.744 e. The number of nitrogens with zero attached hydrogens (tertiary/aromatic N) is 3. The summed E-state index contributed by atoms with van der Waals surface area (Å²) < 4.78 is 38.5. The molecule has 0 atom stereocenters. The first kappa shape index (κ1) is 31.3. The maximum atomic E-state index is 13.6. The molecule has 0 unspecified atom stereocenters. The van der Waals surface area contributed by atoms with E-state index in [1.54, 1.807) is 46.6 Å². The molecule has 0 aliphatic carbocycles. The Morgan fingerprint density at radius 1 is 0.911 bits per heavy atom. The lowest BCUT2D eigenvalue weighted by atomic mass is 10.1. The van der Waals surface area contributed by atoms with E-state index in [-0.39, 0.29) is 10.5 Å². The molecule has 0 spiro atoms. The lowest BCUT2D eigenvalue weighted by Crippen LogP contribution is -2.35. The van der Waals surface area contributed by atoms with Crippen LogP contribution in [0.25, 0.3) is 32.1 Å². The first-order chi connectivity index (χ1) is 21.6. The molecule has 7 rings (SSSR count). The third-order valence-electron chi connectivity index (χ3n) is 7.64. The van der Waals surface area contributed by atoms with Crippen molar-refractivity contribution in [2.45, 2.75) is 43.7 Å². The first-order valence-electron chi connectivity index (χ1n) is 14.4. The highest BCUT2D eigenvalue weighted by molar-refractivity contribution is 8.08. The van der Waals surface area contributed by atoms with Crippen molar-refractivity contribution in [2.24, 2.45) is 0 Å². The quantitative estimate of drug-likeness (QED) is 0.178. The SMILES string of the molecule is CCn1c(=O)/c(=C2/Sc3ccc4ccccc4c3N2C)s/c1=C/c1sc2ccccc2[n+]1CC.Cc1ccc(S(=O)(=O)[O-])cc1. The van der Waals surface area contributed by atoms with Crippen LogP contribution in [0, 0.1) is 6.92 Å². The molecule has 7 nitrogen and oxygen atoms in total. The molecular weight excluding hydrogens is 643 g/mol. The second kappa shape index (κ2) is 12.6. The van der Waals surface area contributed by atoms with Gasteiger partial charge in [-0.15, -0.1) is 11.3 Å². The monoisotopic (exact) mass is 673 g/mol. The summed E-state index contributed by atoms with van der Waals surface area (Å²) >= 11 is 5.08. The van der Waals surface area contributed by atoms with Gasteiger partial charge < -0.3 is 9.45 Å². The molecule has 0 fully saturated rings. The number of aryl methyl sites for hydroxylation is 2. The van der Waals surface area contributed by atoms with E-state index < -0.39 is 10.1 Å². The standard InChI is InChI=1S/C27H24N3OS3.C7H8O3S/c1-4-29-19-12-8-9-13-20(19)32-22(29)16-23-30(5-2)26(31)25(34-23)27-28(3)24-18-11-7-6-10-17(18)14-15-21(24)33-27;1-6-2-4-7(5-3-6)11(8,9)10/h6-16H,4-5H2,1-3H3;2-5H,1H3,(H,8,9,10)/q+1;/p-1/b27-25-;. The third kappa shape index (κ3) is 5.98. The molecule has 1 aliphatic heterocycles. The highest BCUT2D eigenvalue weighted by Gasteiger charge is 2.27. The van der Waals surface area contributed by atoms with E-state index in [9.17, 15) is 17.8 Å². The predicted molar refractivity (Wildman–Crippen MR) is 186 cm³/mol. The number of rotatable bonds is 4. The van der Waals surface area contributed by atoms with Crippen LogP contribution in [0.3, 0.4) is 0 Å². The molecule has 0 radical (unpaired) electrons. The number of benzene rings is 4. The van der Waals surface area contributed by atoms with Gasteiger partial charge in [-0.1, -0.05) is 83.3 Å². The fourth-order valence-electron chi connectivity index (χ4n) is 5.40.